The molecule has 1 heterocycles. The minimum atomic E-state index is 0.324. The lowest BCUT2D eigenvalue weighted by Crippen LogP contribution is -2.02. The van der Waals surface area contributed by atoms with Gasteiger partial charge >= 0.3 is 0 Å². The van der Waals surface area contributed by atoms with Crippen molar-refractivity contribution in [1.29, 1.82) is 0 Å². The van der Waals surface area contributed by atoms with Crippen molar-refractivity contribution in [2.45, 2.75) is 39.0 Å². The van der Waals surface area contributed by atoms with Gasteiger partial charge in [0.25, 0.3) is 0 Å². The van der Waals surface area contributed by atoms with Crippen LogP contribution in [0.25, 0.3) is 0 Å². The summed E-state index contributed by atoms with van der Waals surface area (Å²) in [5.74, 6) is 0.324. The molecular weight excluding hydrogens is 214 g/mol. The first-order valence-corrected chi connectivity index (χ1v) is 6.31. The van der Waals surface area contributed by atoms with E-state index >= 15 is 0 Å². The van der Waals surface area contributed by atoms with Crippen LogP contribution >= 0.6 is 0 Å². The highest BCUT2D eigenvalue weighted by Crippen LogP contribution is 2.01. The molecule has 0 saturated carbocycles. The van der Waals surface area contributed by atoms with Gasteiger partial charge < -0.3 is 4.74 Å². The van der Waals surface area contributed by atoms with Crippen LogP contribution < -0.4 is 0 Å². The average Bonchev–Trinajstić information content (AvgIpc) is 2.38. The molecule has 0 bridgehead atoms. The van der Waals surface area contributed by atoms with E-state index in [0.717, 1.165) is 25.9 Å². The zero-order valence-corrected chi connectivity index (χ0v) is 10.5. The van der Waals surface area contributed by atoms with E-state index in [0.29, 0.717) is 25.2 Å². The number of hydrogen-bond donors (Lipinski definition) is 0. The minimum Gasteiger partial charge on any atom is -0.381 e. The van der Waals surface area contributed by atoms with Crippen LogP contribution in [0.3, 0.4) is 0 Å². The molecule has 94 valence electrons. The summed E-state index contributed by atoms with van der Waals surface area (Å²) in [7, 11) is 0. The lowest BCUT2D eigenvalue weighted by molar-refractivity contribution is -0.119. The largest absolute Gasteiger partial charge is 0.381 e. The molecule has 0 radical (unpaired) electrons. The van der Waals surface area contributed by atoms with E-state index in [4.69, 9.17) is 4.74 Å². The van der Waals surface area contributed by atoms with Crippen LogP contribution in [0.2, 0.25) is 0 Å². The number of carbonyl (C=O) groups excluding carboxylic acids is 1. The van der Waals surface area contributed by atoms with Crippen LogP contribution in [-0.2, 0) is 16.0 Å². The molecule has 0 amide bonds. The lowest BCUT2D eigenvalue weighted by atomic mass is 10.1. The van der Waals surface area contributed by atoms with Gasteiger partial charge in [0, 0.05) is 38.4 Å². The molecule has 1 aromatic heterocycles. The van der Waals surface area contributed by atoms with Crippen LogP contribution in [0.4, 0.5) is 0 Å². The molecule has 1 aromatic rings. The molecule has 3 heteroatoms. The highest BCUT2D eigenvalue weighted by Gasteiger charge is 1.97. The van der Waals surface area contributed by atoms with Gasteiger partial charge in [0.2, 0.25) is 0 Å². The molecule has 0 aliphatic carbocycles. The summed E-state index contributed by atoms with van der Waals surface area (Å²) in [6.45, 7) is 3.36. The smallest absolute Gasteiger partial charge is 0.132 e. The van der Waals surface area contributed by atoms with Gasteiger partial charge in [-0.2, -0.15) is 0 Å². The van der Waals surface area contributed by atoms with Gasteiger partial charge in [-0.3, -0.25) is 9.78 Å². The maximum atomic E-state index is 11.0. The lowest BCUT2D eigenvalue weighted by Gasteiger charge is -2.03. The number of Topliss-reactive ketones (excluding diaryl/α,β-unsaturated/α-hetero) is 1. The van der Waals surface area contributed by atoms with Crippen LogP contribution in [0.5, 0.6) is 0 Å². The molecule has 0 aromatic carbocycles. The standard InChI is InChI=1S/C14H21NO2/c1-2-14(16)6-4-12-17-11-3-5-13-7-9-15-10-8-13/h7-10H,2-6,11-12H2,1H3. The van der Waals surface area contributed by atoms with Crippen LogP contribution in [0.1, 0.15) is 38.2 Å². The van der Waals surface area contributed by atoms with Crippen molar-refractivity contribution in [2.24, 2.45) is 0 Å². The van der Waals surface area contributed by atoms with Crippen molar-refractivity contribution in [1.82, 2.24) is 4.98 Å². The summed E-state index contributed by atoms with van der Waals surface area (Å²) in [6, 6.07) is 4.06. The van der Waals surface area contributed by atoms with Gasteiger partial charge in [0.1, 0.15) is 5.78 Å². The second-order valence-electron chi connectivity index (χ2n) is 4.07. The van der Waals surface area contributed by atoms with Crippen molar-refractivity contribution < 1.29 is 9.53 Å². The summed E-state index contributed by atoms with van der Waals surface area (Å²) in [4.78, 5) is 15.0. The molecule has 0 N–H and O–H groups in total. The Kier molecular flexibility index (Phi) is 7.23. The second kappa shape index (κ2) is 8.88. The fourth-order valence-corrected chi connectivity index (χ4v) is 1.58. The molecule has 0 unspecified atom stereocenters. The van der Waals surface area contributed by atoms with E-state index in [1.165, 1.54) is 5.56 Å². The van der Waals surface area contributed by atoms with Crippen molar-refractivity contribution >= 4 is 5.78 Å². The van der Waals surface area contributed by atoms with Gasteiger partial charge in [-0.15, -0.1) is 0 Å². The Morgan fingerprint density at radius 3 is 2.65 bits per heavy atom. The monoisotopic (exact) mass is 235 g/mol. The number of ether oxygens (including phenoxy) is 1. The first kappa shape index (κ1) is 13.8. The Morgan fingerprint density at radius 1 is 1.24 bits per heavy atom. The Labute approximate surface area is 103 Å². The first-order chi connectivity index (χ1) is 8.33. The predicted molar refractivity (Wildman–Crippen MR) is 67.9 cm³/mol. The molecule has 0 aliphatic heterocycles. The van der Waals surface area contributed by atoms with Crippen molar-refractivity contribution in [2.75, 3.05) is 13.2 Å². The Bertz CT molecular complexity index is 311. The maximum absolute atomic E-state index is 11.0. The van der Waals surface area contributed by atoms with E-state index in [2.05, 4.69) is 4.98 Å². The van der Waals surface area contributed by atoms with Crippen LogP contribution in [0.15, 0.2) is 24.5 Å². The summed E-state index contributed by atoms with van der Waals surface area (Å²) in [6.07, 6.45) is 7.81. The predicted octanol–water partition coefficient (Wildman–Crippen LogP) is 2.79. The molecular formula is C14H21NO2. The third-order valence-electron chi connectivity index (χ3n) is 2.64. The molecule has 3 nitrogen and oxygen atoms in total. The van der Waals surface area contributed by atoms with Gasteiger partial charge in [-0.1, -0.05) is 6.92 Å². The quantitative estimate of drug-likeness (QED) is 0.618. The zero-order valence-electron chi connectivity index (χ0n) is 10.5. The number of carbonyl (C=O) groups is 1. The summed E-state index contributed by atoms with van der Waals surface area (Å²) >= 11 is 0. The molecule has 0 fully saturated rings. The van der Waals surface area contributed by atoms with Gasteiger partial charge in [-0.05, 0) is 37.0 Å². The second-order valence-corrected chi connectivity index (χ2v) is 4.07. The van der Waals surface area contributed by atoms with Gasteiger partial charge in [0.05, 0.1) is 0 Å². The maximum Gasteiger partial charge on any atom is 0.132 e. The van der Waals surface area contributed by atoms with Crippen molar-refractivity contribution in [3.05, 3.63) is 30.1 Å². The molecule has 0 aliphatic rings. The van der Waals surface area contributed by atoms with Crippen LogP contribution in [0, 0.1) is 0 Å². The van der Waals surface area contributed by atoms with Gasteiger partial charge in [-0.25, -0.2) is 0 Å². The Morgan fingerprint density at radius 2 is 1.94 bits per heavy atom. The molecule has 0 saturated heterocycles. The molecule has 1 rings (SSSR count). The number of rotatable bonds is 9. The van der Waals surface area contributed by atoms with E-state index in [1.807, 2.05) is 31.5 Å². The molecule has 0 spiro atoms. The molecule has 17 heavy (non-hydrogen) atoms. The SMILES string of the molecule is CCC(=O)CCCOCCCc1ccncc1. The van der Waals surface area contributed by atoms with Crippen LogP contribution in [-0.4, -0.2) is 24.0 Å². The average molecular weight is 235 g/mol. The van der Waals surface area contributed by atoms with Crippen molar-refractivity contribution in [3.8, 4) is 0 Å². The number of ketones is 1. The summed E-state index contributed by atoms with van der Waals surface area (Å²) < 4.78 is 5.48. The highest BCUT2D eigenvalue weighted by atomic mass is 16.5. The van der Waals surface area contributed by atoms with Crippen molar-refractivity contribution in [3.63, 3.8) is 0 Å². The normalized spacial score (nSPS) is 10.4. The number of aromatic nitrogens is 1. The zero-order chi connectivity index (χ0) is 12.3. The number of nitrogens with zero attached hydrogens (tertiary/aromatic N) is 1. The van der Waals surface area contributed by atoms with E-state index < -0.39 is 0 Å². The minimum absolute atomic E-state index is 0.324. The fraction of sp³-hybridized carbons (Fsp3) is 0.571. The van der Waals surface area contributed by atoms with E-state index in [-0.39, 0.29) is 0 Å². The van der Waals surface area contributed by atoms with E-state index in [9.17, 15) is 4.79 Å². The fourth-order valence-electron chi connectivity index (χ4n) is 1.58. The van der Waals surface area contributed by atoms with E-state index in [1.54, 1.807) is 0 Å². The van der Waals surface area contributed by atoms with Gasteiger partial charge in [0.15, 0.2) is 0 Å². The first-order valence-electron chi connectivity index (χ1n) is 6.31. The number of aryl methyl sites for hydroxylation is 1. The summed E-state index contributed by atoms with van der Waals surface area (Å²) in [5, 5.41) is 0. The highest BCUT2D eigenvalue weighted by molar-refractivity contribution is 5.77. The number of pyridine rings is 1. The Hall–Kier alpha value is -1.22. The number of hydrogen-bond acceptors (Lipinski definition) is 3. The Balaban J connectivity index is 1.93. The third-order valence-corrected chi connectivity index (χ3v) is 2.64. The third kappa shape index (κ3) is 6.84. The summed E-state index contributed by atoms with van der Waals surface area (Å²) in [5.41, 5.74) is 1.30. The molecule has 0 atom stereocenters. The topological polar surface area (TPSA) is 39.2 Å².